The molecular formula is C22H21Cl2FN2O2. The number of rotatable bonds is 7. The van der Waals surface area contributed by atoms with Crippen LogP contribution in [0.2, 0.25) is 10.0 Å². The molecule has 1 aliphatic carbocycles. The summed E-state index contributed by atoms with van der Waals surface area (Å²) in [5.74, 6) is -0.763. The van der Waals surface area contributed by atoms with E-state index in [-0.39, 0.29) is 17.6 Å². The van der Waals surface area contributed by atoms with E-state index in [1.54, 1.807) is 12.1 Å². The highest BCUT2D eigenvalue weighted by atomic mass is 35.5. The Bertz CT molecular complexity index is 940. The van der Waals surface area contributed by atoms with Crippen molar-refractivity contribution in [3.05, 3.63) is 76.2 Å². The molecule has 1 fully saturated rings. The molecule has 1 saturated carbocycles. The van der Waals surface area contributed by atoms with E-state index in [2.05, 4.69) is 17.2 Å². The summed E-state index contributed by atoms with van der Waals surface area (Å²) < 4.78 is 13.0. The van der Waals surface area contributed by atoms with Crippen LogP contribution in [-0.4, -0.2) is 11.8 Å². The standard InChI is InChI=1S/C22H21Cl2FN2O2/c1-14(26-20(28)15-3-8-18(23)19(24)13-15)9-12-22(10-2-11-22)21(29)27-17-6-4-16(25)5-7-17/h3-8,13H,1-2,9-12H2,(H,26,28)(H,27,29). The molecule has 0 atom stereocenters. The summed E-state index contributed by atoms with van der Waals surface area (Å²) in [5.41, 5.74) is 0.982. The zero-order valence-electron chi connectivity index (χ0n) is 15.7. The summed E-state index contributed by atoms with van der Waals surface area (Å²) >= 11 is 11.8. The summed E-state index contributed by atoms with van der Waals surface area (Å²) in [7, 11) is 0. The smallest absolute Gasteiger partial charge is 0.255 e. The number of carbonyl (C=O) groups is 2. The zero-order valence-corrected chi connectivity index (χ0v) is 17.2. The van der Waals surface area contributed by atoms with Crippen LogP contribution in [0.25, 0.3) is 0 Å². The van der Waals surface area contributed by atoms with Gasteiger partial charge in [-0.05, 0) is 68.1 Å². The third-order valence-electron chi connectivity index (χ3n) is 5.27. The molecule has 2 N–H and O–H groups in total. The number of nitrogens with one attached hydrogen (secondary N) is 2. The molecule has 0 heterocycles. The number of allylic oxidation sites excluding steroid dienone is 1. The summed E-state index contributed by atoms with van der Waals surface area (Å²) in [4.78, 5) is 25.1. The number of carbonyl (C=O) groups excluding carboxylic acids is 2. The normalized spacial score (nSPS) is 14.6. The van der Waals surface area contributed by atoms with Gasteiger partial charge in [-0.2, -0.15) is 0 Å². The number of amides is 2. The minimum atomic E-state index is -0.494. The lowest BCUT2D eigenvalue weighted by Gasteiger charge is -2.40. The lowest BCUT2D eigenvalue weighted by atomic mass is 9.65. The Labute approximate surface area is 179 Å². The van der Waals surface area contributed by atoms with Crippen molar-refractivity contribution in [2.45, 2.75) is 32.1 Å². The van der Waals surface area contributed by atoms with Gasteiger partial charge in [0.1, 0.15) is 5.82 Å². The van der Waals surface area contributed by atoms with Crippen molar-refractivity contribution in [3.8, 4) is 0 Å². The van der Waals surface area contributed by atoms with Crippen molar-refractivity contribution in [3.63, 3.8) is 0 Å². The molecule has 0 unspecified atom stereocenters. The fourth-order valence-electron chi connectivity index (χ4n) is 3.31. The fraction of sp³-hybridized carbons (Fsp3) is 0.273. The Kier molecular flexibility index (Phi) is 6.60. The van der Waals surface area contributed by atoms with E-state index < -0.39 is 5.41 Å². The number of halogens is 3. The Morgan fingerprint density at radius 2 is 1.76 bits per heavy atom. The molecule has 0 saturated heterocycles. The van der Waals surface area contributed by atoms with Gasteiger partial charge in [0.25, 0.3) is 5.91 Å². The number of benzene rings is 2. The lowest BCUT2D eigenvalue weighted by molar-refractivity contribution is -0.130. The van der Waals surface area contributed by atoms with Gasteiger partial charge in [0.05, 0.1) is 10.0 Å². The van der Waals surface area contributed by atoms with E-state index in [0.29, 0.717) is 39.8 Å². The Hall–Kier alpha value is -2.37. The van der Waals surface area contributed by atoms with Crippen molar-refractivity contribution >= 4 is 40.7 Å². The maximum atomic E-state index is 13.0. The summed E-state index contributed by atoms with van der Waals surface area (Å²) in [6.45, 7) is 3.91. The second-order valence-electron chi connectivity index (χ2n) is 7.28. The molecule has 0 radical (unpaired) electrons. The van der Waals surface area contributed by atoms with Gasteiger partial charge in [-0.15, -0.1) is 0 Å². The quantitative estimate of drug-likeness (QED) is 0.564. The van der Waals surface area contributed by atoms with Gasteiger partial charge in [-0.3, -0.25) is 9.59 Å². The van der Waals surface area contributed by atoms with Crippen LogP contribution in [0.5, 0.6) is 0 Å². The SMILES string of the molecule is C=C(CCC1(C(=O)Nc2ccc(F)cc2)CCC1)NC(=O)c1ccc(Cl)c(Cl)c1. The first-order chi connectivity index (χ1) is 13.8. The largest absolute Gasteiger partial charge is 0.326 e. The minimum absolute atomic E-state index is 0.0843. The molecule has 29 heavy (non-hydrogen) atoms. The third-order valence-corrected chi connectivity index (χ3v) is 6.01. The molecule has 7 heteroatoms. The first kappa shape index (κ1) is 21.3. The van der Waals surface area contributed by atoms with Gasteiger partial charge in [-0.1, -0.05) is 36.2 Å². The molecule has 2 aromatic carbocycles. The monoisotopic (exact) mass is 434 g/mol. The molecule has 2 amide bonds. The lowest BCUT2D eigenvalue weighted by Crippen LogP contribution is -2.42. The first-order valence-corrected chi connectivity index (χ1v) is 10.1. The van der Waals surface area contributed by atoms with Crippen LogP contribution in [0.4, 0.5) is 10.1 Å². The highest BCUT2D eigenvalue weighted by Gasteiger charge is 2.43. The predicted octanol–water partition coefficient (Wildman–Crippen LogP) is 5.97. The number of hydrogen-bond donors (Lipinski definition) is 2. The fourth-order valence-corrected chi connectivity index (χ4v) is 3.61. The van der Waals surface area contributed by atoms with Crippen LogP contribution < -0.4 is 10.6 Å². The van der Waals surface area contributed by atoms with Crippen molar-refractivity contribution in [1.29, 1.82) is 0 Å². The van der Waals surface area contributed by atoms with Crippen molar-refractivity contribution in [1.82, 2.24) is 5.32 Å². The van der Waals surface area contributed by atoms with Gasteiger partial charge in [-0.25, -0.2) is 4.39 Å². The van der Waals surface area contributed by atoms with Gasteiger partial charge in [0.15, 0.2) is 0 Å². The van der Waals surface area contributed by atoms with E-state index in [1.807, 2.05) is 0 Å². The van der Waals surface area contributed by atoms with Gasteiger partial charge in [0.2, 0.25) is 5.91 Å². The second-order valence-corrected chi connectivity index (χ2v) is 8.10. The Morgan fingerprint density at radius 3 is 2.34 bits per heavy atom. The van der Waals surface area contributed by atoms with Gasteiger partial charge < -0.3 is 10.6 Å². The van der Waals surface area contributed by atoms with Crippen LogP contribution in [0.1, 0.15) is 42.5 Å². The predicted molar refractivity (Wildman–Crippen MR) is 114 cm³/mol. The number of anilines is 1. The highest BCUT2D eigenvalue weighted by molar-refractivity contribution is 6.42. The molecule has 4 nitrogen and oxygen atoms in total. The Morgan fingerprint density at radius 1 is 1.07 bits per heavy atom. The first-order valence-electron chi connectivity index (χ1n) is 9.30. The van der Waals surface area contributed by atoms with Crippen molar-refractivity contribution < 1.29 is 14.0 Å². The zero-order chi connectivity index (χ0) is 21.0. The molecule has 2 aromatic rings. The number of hydrogen-bond acceptors (Lipinski definition) is 2. The van der Waals surface area contributed by atoms with Crippen LogP contribution in [0.15, 0.2) is 54.7 Å². The van der Waals surface area contributed by atoms with E-state index in [4.69, 9.17) is 23.2 Å². The summed E-state index contributed by atoms with van der Waals surface area (Å²) in [6.07, 6.45) is 3.56. The van der Waals surface area contributed by atoms with Gasteiger partial charge in [0, 0.05) is 22.4 Å². The summed E-state index contributed by atoms with van der Waals surface area (Å²) in [6, 6.07) is 10.3. The molecule has 0 spiro atoms. The topological polar surface area (TPSA) is 58.2 Å². The van der Waals surface area contributed by atoms with E-state index in [9.17, 15) is 14.0 Å². The van der Waals surface area contributed by atoms with E-state index in [0.717, 1.165) is 19.3 Å². The van der Waals surface area contributed by atoms with Crippen LogP contribution in [-0.2, 0) is 4.79 Å². The molecule has 0 aromatic heterocycles. The highest BCUT2D eigenvalue weighted by Crippen LogP contribution is 2.46. The van der Waals surface area contributed by atoms with Crippen LogP contribution in [0.3, 0.4) is 0 Å². The van der Waals surface area contributed by atoms with E-state index >= 15 is 0 Å². The van der Waals surface area contributed by atoms with Crippen LogP contribution in [0, 0.1) is 11.2 Å². The Balaban J connectivity index is 1.55. The molecule has 1 aliphatic rings. The van der Waals surface area contributed by atoms with Gasteiger partial charge >= 0.3 is 0 Å². The van der Waals surface area contributed by atoms with E-state index in [1.165, 1.54) is 30.3 Å². The van der Waals surface area contributed by atoms with Crippen molar-refractivity contribution in [2.24, 2.45) is 5.41 Å². The summed E-state index contributed by atoms with van der Waals surface area (Å²) in [5, 5.41) is 6.29. The molecule has 152 valence electrons. The second kappa shape index (κ2) is 8.97. The average molecular weight is 435 g/mol. The third kappa shape index (κ3) is 5.17. The van der Waals surface area contributed by atoms with Crippen LogP contribution >= 0.6 is 23.2 Å². The maximum absolute atomic E-state index is 13.0. The van der Waals surface area contributed by atoms with Crippen molar-refractivity contribution in [2.75, 3.05) is 5.32 Å². The molecule has 0 bridgehead atoms. The minimum Gasteiger partial charge on any atom is -0.326 e. The average Bonchev–Trinajstić information content (AvgIpc) is 2.65. The maximum Gasteiger partial charge on any atom is 0.255 e. The molecule has 3 rings (SSSR count). The molecular weight excluding hydrogens is 414 g/mol. The molecule has 0 aliphatic heterocycles.